The Morgan fingerprint density at radius 1 is 1.40 bits per heavy atom. The molecule has 2 heterocycles. The summed E-state index contributed by atoms with van der Waals surface area (Å²) in [6, 6.07) is 3.89. The smallest absolute Gasteiger partial charge is 0.310 e. The maximum absolute atomic E-state index is 12.4. The first-order valence-electron chi connectivity index (χ1n) is 7.20. The molecule has 1 amide bonds. The molecule has 0 aromatic carbocycles. The van der Waals surface area contributed by atoms with Crippen molar-refractivity contribution in [2.24, 2.45) is 5.92 Å². The van der Waals surface area contributed by atoms with Crippen LogP contribution in [-0.4, -0.2) is 36.5 Å². The fourth-order valence-corrected chi connectivity index (χ4v) is 3.37. The zero-order chi connectivity index (χ0) is 14.5. The Labute approximate surface area is 123 Å². The lowest BCUT2D eigenvalue weighted by Gasteiger charge is -2.31. The van der Waals surface area contributed by atoms with Crippen LogP contribution in [0, 0.1) is 5.92 Å². The zero-order valence-electron chi connectivity index (χ0n) is 12.1. The van der Waals surface area contributed by atoms with Crippen molar-refractivity contribution in [1.82, 2.24) is 4.90 Å². The van der Waals surface area contributed by atoms with Crippen molar-refractivity contribution in [2.75, 3.05) is 19.7 Å². The number of amides is 1. The number of rotatable bonds is 4. The van der Waals surface area contributed by atoms with Crippen LogP contribution < -0.4 is 0 Å². The minimum atomic E-state index is -0.176. The minimum Gasteiger partial charge on any atom is -0.466 e. The molecule has 0 saturated carbocycles. The van der Waals surface area contributed by atoms with Crippen molar-refractivity contribution in [1.29, 1.82) is 0 Å². The Morgan fingerprint density at radius 3 is 2.85 bits per heavy atom. The van der Waals surface area contributed by atoms with Crippen LogP contribution in [0.4, 0.5) is 0 Å². The van der Waals surface area contributed by atoms with Crippen molar-refractivity contribution < 1.29 is 14.3 Å². The van der Waals surface area contributed by atoms with Gasteiger partial charge in [-0.1, -0.05) is 6.92 Å². The van der Waals surface area contributed by atoms with E-state index < -0.39 is 0 Å². The molecule has 110 valence electrons. The summed E-state index contributed by atoms with van der Waals surface area (Å²) in [5.41, 5.74) is 0. The van der Waals surface area contributed by atoms with Crippen molar-refractivity contribution in [2.45, 2.75) is 33.1 Å². The van der Waals surface area contributed by atoms with Gasteiger partial charge in [0.05, 0.1) is 17.4 Å². The number of ether oxygens (including phenoxy) is 1. The average molecular weight is 295 g/mol. The highest BCUT2D eigenvalue weighted by atomic mass is 32.1. The van der Waals surface area contributed by atoms with Crippen molar-refractivity contribution in [3.63, 3.8) is 0 Å². The summed E-state index contributed by atoms with van der Waals surface area (Å²) in [6.45, 7) is 5.50. The monoisotopic (exact) mass is 295 g/mol. The first-order chi connectivity index (χ1) is 9.65. The third-order valence-corrected chi connectivity index (χ3v) is 4.77. The van der Waals surface area contributed by atoms with E-state index in [1.165, 1.54) is 4.88 Å². The van der Waals surface area contributed by atoms with Crippen LogP contribution in [-0.2, 0) is 16.0 Å². The highest BCUT2D eigenvalue weighted by Gasteiger charge is 2.30. The molecule has 20 heavy (non-hydrogen) atoms. The molecule has 2 rings (SSSR count). The van der Waals surface area contributed by atoms with Crippen LogP contribution in [0.15, 0.2) is 12.1 Å². The van der Waals surface area contributed by atoms with Gasteiger partial charge < -0.3 is 9.64 Å². The first kappa shape index (κ1) is 15.0. The molecule has 5 heteroatoms. The second-order valence-corrected chi connectivity index (χ2v) is 6.13. The van der Waals surface area contributed by atoms with Gasteiger partial charge in [0.1, 0.15) is 0 Å². The zero-order valence-corrected chi connectivity index (χ0v) is 12.9. The van der Waals surface area contributed by atoms with Gasteiger partial charge in [0, 0.05) is 18.0 Å². The number of carbonyl (C=O) groups excluding carboxylic acids is 2. The molecule has 0 aliphatic carbocycles. The topological polar surface area (TPSA) is 46.6 Å². The fraction of sp³-hybridized carbons (Fsp3) is 0.600. The second kappa shape index (κ2) is 6.88. The third-order valence-electron chi connectivity index (χ3n) is 3.55. The van der Waals surface area contributed by atoms with Gasteiger partial charge in [-0.2, -0.15) is 0 Å². The molecule has 1 aromatic heterocycles. The van der Waals surface area contributed by atoms with E-state index in [4.69, 9.17) is 4.74 Å². The number of nitrogens with zero attached hydrogens (tertiary/aromatic N) is 1. The molecule has 1 saturated heterocycles. The van der Waals surface area contributed by atoms with Crippen molar-refractivity contribution in [3.8, 4) is 0 Å². The molecule has 1 aliphatic heterocycles. The van der Waals surface area contributed by atoms with E-state index in [9.17, 15) is 9.59 Å². The Kier molecular flexibility index (Phi) is 5.17. The summed E-state index contributed by atoms with van der Waals surface area (Å²) in [4.78, 5) is 28.0. The highest BCUT2D eigenvalue weighted by molar-refractivity contribution is 7.14. The Hall–Kier alpha value is -1.36. The van der Waals surface area contributed by atoms with Gasteiger partial charge in [0.25, 0.3) is 5.91 Å². The Balaban J connectivity index is 2.01. The lowest BCUT2D eigenvalue weighted by Crippen LogP contribution is -2.42. The highest BCUT2D eigenvalue weighted by Crippen LogP contribution is 2.23. The summed E-state index contributed by atoms with van der Waals surface area (Å²) in [5, 5.41) is 0. The van der Waals surface area contributed by atoms with Gasteiger partial charge in [-0.05, 0) is 38.3 Å². The van der Waals surface area contributed by atoms with Gasteiger partial charge in [-0.25, -0.2) is 0 Å². The SMILES string of the molecule is CCOC(=O)[C@@H]1CCCN(C(=O)c2ccc(CC)s2)C1. The largest absolute Gasteiger partial charge is 0.466 e. The molecule has 0 bridgehead atoms. The van der Waals surface area contributed by atoms with Crippen LogP contribution in [0.2, 0.25) is 0 Å². The lowest BCUT2D eigenvalue weighted by atomic mass is 9.98. The Bertz CT molecular complexity index is 483. The van der Waals surface area contributed by atoms with E-state index in [1.807, 2.05) is 19.1 Å². The molecule has 0 N–H and O–H groups in total. The predicted octanol–water partition coefficient (Wildman–Crippen LogP) is 2.73. The molecule has 1 atom stereocenters. The van der Waals surface area contributed by atoms with E-state index in [0.717, 1.165) is 30.7 Å². The quantitative estimate of drug-likeness (QED) is 0.802. The van der Waals surface area contributed by atoms with Gasteiger partial charge in [-0.3, -0.25) is 9.59 Å². The standard InChI is InChI=1S/C15H21NO3S/c1-3-12-7-8-13(20-12)14(17)16-9-5-6-11(10-16)15(18)19-4-2/h7-8,11H,3-6,9-10H2,1-2H3/t11-/m1/s1. The molecule has 0 unspecified atom stereocenters. The number of aryl methyl sites for hydroxylation is 1. The van der Waals surface area contributed by atoms with Crippen LogP contribution in [0.5, 0.6) is 0 Å². The van der Waals surface area contributed by atoms with Crippen molar-refractivity contribution in [3.05, 3.63) is 21.9 Å². The summed E-state index contributed by atoms with van der Waals surface area (Å²) in [6.07, 6.45) is 2.62. The van der Waals surface area contributed by atoms with Crippen molar-refractivity contribution >= 4 is 23.2 Å². The van der Waals surface area contributed by atoms with Crippen LogP contribution in [0.1, 0.15) is 41.2 Å². The lowest BCUT2D eigenvalue weighted by molar-refractivity contribution is -0.149. The van der Waals surface area contributed by atoms with E-state index >= 15 is 0 Å². The van der Waals surface area contributed by atoms with E-state index in [2.05, 4.69) is 6.92 Å². The molecule has 1 aromatic rings. The van der Waals surface area contributed by atoms with Gasteiger partial charge in [0.15, 0.2) is 0 Å². The van der Waals surface area contributed by atoms with Crippen LogP contribution in [0.25, 0.3) is 0 Å². The summed E-state index contributed by atoms with van der Waals surface area (Å²) in [7, 11) is 0. The van der Waals surface area contributed by atoms with Crippen LogP contribution in [0.3, 0.4) is 0 Å². The Morgan fingerprint density at radius 2 is 2.20 bits per heavy atom. The maximum atomic E-state index is 12.4. The number of hydrogen-bond donors (Lipinski definition) is 0. The number of hydrogen-bond acceptors (Lipinski definition) is 4. The normalized spacial score (nSPS) is 18.9. The molecule has 0 radical (unpaired) electrons. The molecule has 1 aliphatic rings. The molecule has 0 spiro atoms. The van der Waals surface area contributed by atoms with Gasteiger partial charge in [-0.15, -0.1) is 11.3 Å². The van der Waals surface area contributed by atoms with Gasteiger partial charge >= 0.3 is 5.97 Å². The number of esters is 1. The number of carbonyl (C=O) groups is 2. The molecular weight excluding hydrogens is 274 g/mol. The fourth-order valence-electron chi connectivity index (χ4n) is 2.45. The van der Waals surface area contributed by atoms with E-state index in [0.29, 0.717) is 13.2 Å². The molecule has 1 fully saturated rings. The second-order valence-electron chi connectivity index (χ2n) is 4.96. The summed E-state index contributed by atoms with van der Waals surface area (Å²) < 4.78 is 5.06. The number of thiophene rings is 1. The first-order valence-corrected chi connectivity index (χ1v) is 8.02. The van der Waals surface area contributed by atoms with Crippen LogP contribution >= 0.6 is 11.3 Å². The maximum Gasteiger partial charge on any atom is 0.310 e. The summed E-state index contributed by atoms with van der Waals surface area (Å²) >= 11 is 1.55. The third kappa shape index (κ3) is 3.39. The van der Waals surface area contributed by atoms with E-state index in [1.54, 1.807) is 16.2 Å². The predicted molar refractivity (Wildman–Crippen MR) is 79.0 cm³/mol. The van der Waals surface area contributed by atoms with Gasteiger partial charge in [0.2, 0.25) is 0 Å². The minimum absolute atomic E-state index is 0.0451. The molecule has 4 nitrogen and oxygen atoms in total. The number of likely N-dealkylation sites (tertiary alicyclic amines) is 1. The van der Waals surface area contributed by atoms with E-state index in [-0.39, 0.29) is 17.8 Å². The molecular formula is C15H21NO3S. The number of piperidine rings is 1. The summed E-state index contributed by atoms with van der Waals surface area (Å²) in [5.74, 6) is -0.299. The average Bonchev–Trinajstić information content (AvgIpc) is 2.96.